The molecule has 0 bridgehead atoms. The zero-order valence-electron chi connectivity index (χ0n) is 10.1. The molecule has 2 aromatic rings. The molecule has 0 amide bonds. The Bertz CT molecular complexity index is 521. The van der Waals surface area contributed by atoms with E-state index in [9.17, 15) is 10.2 Å². The SMILES string of the molecule is NCc1ccc(CCc2ccc(O)cc2O)cc1. The molecule has 0 radical (unpaired) electrons. The number of hydrogen-bond acceptors (Lipinski definition) is 3. The van der Waals surface area contributed by atoms with Gasteiger partial charge in [0.15, 0.2) is 0 Å². The lowest BCUT2D eigenvalue weighted by molar-refractivity contribution is 0.446. The summed E-state index contributed by atoms with van der Waals surface area (Å²) in [7, 11) is 0. The van der Waals surface area contributed by atoms with Crippen molar-refractivity contribution < 1.29 is 10.2 Å². The first-order chi connectivity index (χ1) is 8.69. The van der Waals surface area contributed by atoms with Gasteiger partial charge >= 0.3 is 0 Å². The predicted octanol–water partition coefficient (Wildman–Crippen LogP) is 2.34. The molecule has 0 aromatic heterocycles. The van der Waals surface area contributed by atoms with Crippen molar-refractivity contribution >= 4 is 0 Å². The van der Waals surface area contributed by atoms with E-state index in [1.54, 1.807) is 12.1 Å². The molecule has 0 aliphatic heterocycles. The number of phenolic OH excluding ortho intramolecular Hbond substituents is 2. The molecule has 0 fully saturated rings. The van der Waals surface area contributed by atoms with Gasteiger partial charge in [0.2, 0.25) is 0 Å². The summed E-state index contributed by atoms with van der Waals surface area (Å²) in [6.07, 6.45) is 1.59. The van der Waals surface area contributed by atoms with Crippen LogP contribution in [-0.2, 0) is 19.4 Å². The summed E-state index contributed by atoms with van der Waals surface area (Å²) in [5.74, 6) is 0.233. The lowest BCUT2D eigenvalue weighted by Crippen LogP contribution is -1.97. The van der Waals surface area contributed by atoms with Gasteiger partial charge in [-0.3, -0.25) is 0 Å². The van der Waals surface area contributed by atoms with E-state index in [-0.39, 0.29) is 11.5 Å². The lowest BCUT2D eigenvalue weighted by atomic mass is 10.0. The molecule has 0 aliphatic carbocycles. The Morgan fingerprint density at radius 1 is 0.833 bits per heavy atom. The van der Waals surface area contributed by atoms with Crippen molar-refractivity contribution in [3.8, 4) is 11.5 Å². The zero-order valence-corrected chi connectivity index (χ0v) is 10.1. The highest BCUT2D eigenvalue weighted by atomic mass is 16.3. The number of aryl methyl sites for hydroxylation is 2. The van der Waals surface area contributed by atoms with Gasteiger partial charge in [0.1, 0.15) is 11.5 Å². The second-order valence-corrected chi connectivity index (χ2v) is 4.33. The maximum atomic E-state index is 9.68. The molecule has 2 aromatic carbocycles. The molecule has 4 N–H and O–H groups in total. The van der Waals surface area contributed by atoms with Crippen molar-refractivity contribution in [2.75, 3.05) is 0 Å². The fourth-order valence-electron chi connectivity index (χ4n) is 1.88. The molecule has 94 valence electrons. The first-order valence-electron chi connectivity index (χ1n) is 5.98. The largest absolute Gasteiger partial charge is 0.508 e. The second kappa shape index (κ2) is 5.56. The Balaban J connectivity index is 2.02. The molecule has 0 aliphatic rings. The summed E-state index contributed by atoms with van der Waals surface area (Å²) in [6, 6.07) is 12.9. The Hall–Kier alpha value is -2.00. The van der Waals surface area contributed by atoms with Crippen LogP contribution in [0.2, 0.25) is 0 Å². The van der Waals surface area contributed by atoms with Crippen LogP contribution < -0.4 is 5.73 Å². The van der Waals surface area contributed by atoms with Gasteiger partial charge in [-0.05, 0) is 35.6 Å². The van der Waals surface area contributed by atoms with Crippen molar-refractivity contribution in [2.24, 2.45) is 5.73 Å². The molecule has 3 nitrogen and oxygen atoms in total. The third kappa shape index (κ3) is 3.02. The van der Waals surface area contributed by atoms with Crippen molar-refractivity contribution in [2.45, 2.75) is 19.4 Å². The van der Waals surface area contributed by atoms with Crippen molar-refractivity contribution in [1.29, 1.82) is 0 Å². The van der Waals surface area contributed by atoms with E-state index in [2.05, 4.69) is 12.1 Å². The van der Waals surface area contributed by atoms with Gasteiger partial charge in [0.05, 0.1) is 0 Å². The summed E-state index contributed by atoms with van der Waals surface area (Å²) >= 11 is 0. The Morgan fingerprint density at radius 3 is 2.11 bits per heavy atom. The minimum Gasteiger partial charge on any atom is -0.508 e. The third-order valence-corrected chi connectivity index (χ3v) is 3.01. The van der Waals surface area contributed by atoms with E-state index in [1.807, 2.05) is 12.1 Å². The summed E-state index contributed by atoms with van der Waals surface area (Å²) in [4.78, 5) is 0. The first-order valence-corrected chi connectivity index (χ1v) is 5.98. The van der Waals surface area contributed by atoms with E-state index >= 15 is 0 Å². The highest BCUT2D eigenvalue weighted by Gasteiger charge is 2.03. The van der Waals surface area contributed by atoms with Gasteiger partial charge in [-0.1, -0.05) is 30.3 Å². The standard InChI is InChI=1S/C15H17NO2/c16-10-12-3-1-11(2-4-12)5-6-13-7-8-14(17)9-15(13)18/h1-4,7-9,17-18H,5-6,10,16H2. The zero-order chi connectivity index (χ0) is 13.0. The van der Waals surface area contributed by atoms with Crippen LogP contribution in [0, 0.1) is 0 Å². The maximum absolute atomic E-state index is 9.68. The molecule has 0 heterocycles. The minimum absolute atomic E-state index is 0.0866. The molecule has 3 heteroatoms. The number of hydrogen-bond donors (Lipinski definition) is 3. The van der Waals surface area contributed by atoms with Crippen LogP contribution in [-0.4, -0.2) is 10.2 Å². The Kier molecular flexibility index (Phi) is 3.85. The lowest BCUT2D eigenvalue weighted by Gasteiger charge is -2.06. The molecule has 18 heavy (non-hydrogen) atoms. The van der Waals surface area contributed by atoms with Crippen molar-refractivity contribution in [3.05, 3.63) is 59.2 Å². The summed E-state index contributed by atoms with van der Waals surface area (Å²) < 4.78 is 0. The molecule has 0 unspecified atom stereocenters. The van der Waals surface area contributed by atoms with E-state index < -0.39 is 0 Å². The third-order valence-electron chi connectivity index (χ3n) is 3.01. The quantitative estimate of drug-likeness (QED) is 0.772. The van der Waals surface area contributed by atoms with E-state index in [4.69, 9.17) is 5.73 Å². The van der Waals surface area contributed by atoms with Crippen LogP contribution in [0.4, 0.5) is 0 Å². The summed E-state index contributed by atoms with van der Waals surface area (Å²) in [5, 5.41) is 18.9. The van der Waals surface area contributed by atoms with Crippen LogP contribution in [0.3, 0.4) is 0 Å². The van der Waals surface area contributed by atoms with Crippen molar-refractivity contribution in [3.63, 3.8) is 0 Å². The van der Waals surface area contributed by atoms with E-state index in [0.29, 0.717) is 6.54 Å². The minimum atomic E-state index is 0.0866. The molecule has 0 saturated heterocycles. The van der Waals surface area contributed by atoms with Crippen LogP contribution in [0.15, 0.2) is 42.5 Å². The second-order valence-electron chi connectivity index (χ2n) is 4.33. The fourth-order valence-corrected chi connectivity index (χ4v) is 1.88. The van der Waals surface area contributed by atoms with Gasteiger partial charge in [0, 0.05) is 12.6 Å². The number of nitrogens with two attached hydrogens (primary N) is 1. The molecule has 0 saturated carbocycles. The summed E-state index contributed by atoms with van der Waals surface area (Å²) in [6.45, 7) is 0.555. The van der Waals surface area contributed by atoms with Crippen LogP contribution in [0.5, 0.6) is 11.5 Å². The van der Waals surface area contributed by atoms with Gasteiger partial charge in [-0.2, -0.15) is 0 Å². The van der Waals surface area contributed by atoms with Gasteiger partial charge in [-0.25, -0.2) is 0 Å². The number of rotatable bonds is 4. The smallest absolute Gasteiger partial charge is 0.122 e. The van der Waals surface area contributed by atoms with E-state index in [0.717, 1.165) is 24.0 Å². The highest BCUT2D eigenvalue weighted by molar-refractivity contribution is 5.39. The number of aromatic hydroxyl groups is 2. The van der Waals surface area contributed by atoms with E-state index in [1.165, 1.54) is 11.6 Å². The predicted molar refractivity (Wildman–Crippen MR) is 71.5 cm³/mol. The van der Waals surface area contributed by atoms with Gasteiger partial charge in [-0.15, -0.1) is 0 Å². The Morgan fingerprint density at radius 2 is 1.50 bits per heavy atom. The van der Waals surface area contributed by atoms with Crippen LogP contribution in [0.1, 0.15) is 16.7 Å². The average Bonchev–Trinajstić information content (AvgIpc) is 2.38. The molecular formula is C15H17NO2. The summed E-state index contributed by atoms with van der Waals surface area (Å²) in [5.41, 5.74) is 8.71. The topological polar surface area (TPSA) is 66.5 Å². The molecular weight excluding hydrogens is 226 g/mol. The van der Waals surface area contributed by atoms with Gasteiger partial charge < -0.3 is 15.9 Å². The molecule has 0 atom stereocenters. The highest BCUT2D eigenvalue weighted by Crippen LogP contribution is 2.23. The number of benzene rings is 2. The molecule has 2 rings (SSSR count). The Labute approximate surface area is 107 Å². The normalized spacial score (nSPS) is 10.5. The monoisotopic (exact) mass is 243 g/mol. The van der Waals surface area contributed by atoms with Crippen LogP contribution >= 0.6 is 0 Å². The average molecular weight is 243 g/mol. The fraction of sp³-hybridized carbons (Fsp3) is 0.200. The van der Waals surface area contributed by atoms with Crippen molar-refractivity contribution in [1.82, 2.24) is 0 Å². The first kappa shape index (κ1) is 12.5. The van der Waals surface area contributed by atoms with Gasteiger partial charge in [0.25, 0.3) is 0 Å². The van der Waals surface area contributed by atoms with Crippen LogP contribution in [0.25, 0.3) is 0 Å². The maximum Gasteiger partial charge on any atom is 0.122 e. The molecule has 0 spiro atoms. The number of phenols is 2.